The van der Waals surface area contributed by atoms with E-state index < -0.39 is 0 Å². The van der Waals surface area contributed by atoms with Crippen LogP contribution in [0.3, 0.4) is 0 Å². The highest BCUT2D eigenvalue weighted by atomic mass is 14.4. The minimum absolute atomic E-state index is 0.125. The summed E-state index contributed by atoms with van der Waals surface area (Å²) >= 11 is 0. The van der Waals surface area contributed by atoms with Gasteiger partial charge in [0.2, 0.25) is 0 Å². The maximum absolute atomic E-state index is 2.47. The Morgan fingerprint density at radius 1 is 0.306 bits per heavy atom. The molecule has 0 nitrogen and oxygen atoms in total. The van der Waals surface area contributed by atoms with Crippen LogP contribution in [0.2, 0.25) is 0 Å². The molecule has 0 heterocycles. The van der Waals surface area contributed by atoms with Crippen LogP contribution < -0.4 is 0 Å². The van der Waals surface area contributed by atoms with Gasteiger partial charge in [-0.15, -0.1) is 0 Å². The van der Waals surface area contributed by atoms with E-state index in [1.165, 1.54) is 109 Å². The molecule has 49 heavy (non-hydrogen) atoms. The van der Waals surface area contributed by atoms with Gasteiger partial charge in [-0.1, -0.05) is 153 Å². The Morgan fingerprint density at radius 3 is 1.61 bits per heavy atom. The van der Waals surface area contributed by atoms with E-state index in [4.69, 9.17) is 0 Å². The van der Waals surface area contributed by atoms with E-state index in [0.717, 1.165) is 0 Å². The lowest BCUT2D eigenvalue weighted by Crippen LogP contribution is -2.15. The van der Waals surface area contributed by atoms with Crippen molar-refractivity contribution in [1.29, 1.82) is 0 Å². The molecule has 0 atom stereocenters. The SMILES string of the molecule is CC1(C)c2cc(-c3ccc4ccc5ccccc5c4c3)ccc2-c2ccc(-c3ccc4c5ccccc5c5cccc6ccc3c4c65)cc21. The smallest absolute Gasteiger partial charge is 0.0159 e. The van der Waals surface area contributed by atoms with Crippen LogP contribution in [0.5, 0.6) is 0 Å². The minimum Gasteiger partial charge on any atom is -0.0616 e. The first-order chi connectivity index (χ1) is 24.0. The number of hydrogen-bond acceptors (Lipinski definition) is 0. The second-order valence-electron chi connectivity index (χ2n) is 14.5. The van der Waals surface area contributed by atoms with Crippen LogP contribution in [-0.2, 0) is 5.41 Å². The quantitative estimate of drug-likeness (QED) is 0.133. The van der Waals surface area contributed by atoms with Crippen LogP contribution in [0.25, 0.3) is 98.0 Å². The summed E-state index contributed by atoms with van der Waals surface area (Å²) in [5.41, 5.74) is 10.5. The van der Waals surface area contributed by atoms with Crippen molar-refractivity contribution in [3.8, 4) is 33.4 Å². The summed E-state index contributed by atoms with van der Waals surface area (Å²) in [5.74, 6) is 0. The van der Waals surface area contributed by atoms with E-state index in [1.807, 2.05) is 0 Å². The summed E-state index contributed by atoms with van der Waals surface area (Å²) < 4.78 is 0. The Balaban J connectivity index is 1.06. The van der Waals surface area contributed by atoms with Crippen molar-refractivity contribution in [2.24, 2.45) is 0 Å². The monoisotopic (exact) mass is 620 g/mol. The Labute approximate surface area is 285 Å². The fourth-order valence-electron chi connectivity index (χ4n) is 9.14. The van der Waals surface area contributed by atoms with E-state index in [-0.39, 0.29) is 5.41 Å². The van der Waals surface area contributed by atoms with Crippen molar-refractivity contribution in [3.05, 3.63) is 169 Å². The fourth-order valence-corrected chi connectivity index (χ4v) is 9.14. The molecule has 1 aliphatic carbocycles. The number of benzene rings is 10. The molecule has 0 unspecified atom stereocenters. The Hall–Kier alpha value is -5.98. The van der Waals surface area contributed by atoms with Crippen molar-refractivity contribution in [1.82, 2.24) is 0 Å². The van der Waals surface area contributed by atoms with Gasteiger partial charge in [0.05, 0.1) is 0 Å². The summed E-state index contributed by atoms with van der Waals surface area (Å²) in [4.78, 5) is 0. The number of rotatable bonds is 2. The van der Waals surface area contributed by atoms with E-state index in [9.17, 15) is 0 Å². The molecule has 0 fully saturated rings. The molecule has 0 aromatic heterocycles. The maximum Gasteiger partial charge on any atom is 0.0159 e. The van der Waals surface area contributed by atoms with E-state index in [2.05, 4.69) is 172 Å². The predicted octanol–water partition coefficient (Wildman–Crippen LogP) is 13.7. The molecule has 0 amide bonds. The molecule has 1 aliphatic rings. The van der Waals surface area contributed by atoms with Gasteiger partial charge in [0.25, 0.3) is 0 Å². The molecule has 0 radical (unpaired) electrons. The van der Waals surface area contributed by atoms with Crippen LogP contribution in [0.15, 0.2) is 158 Å². The van der Waals surface area contributed by atoms with Gasteiger partial charge >= 0.3 is 0 Å². The van der Waals surface area contributed by atoms with Crippen LogP contribution in [0.4, 0.5) is 0 Å². The molecule has 0 spiro atoms. The van der Waals surface area contributed by atoms with E-state index >= 15 is 0 Å². The lowest BCUT2D eigenvalue weighted by atomic mass is 9.80. The summed E-state index contributed by atoms with van der Waals surface area (Å²) in [5, 5.41) is 15.9. The molecule has 0 bridgehead atoms. The second kappa shape index (κ2) is 9.56. The summed E-state index contributed by atoms with van der Waals surface area (Å²) in [7, 11) is 0. The van der Waals surface area contributed by atoms with Crippen molar-refractivity contribution in [2.75, 3.05) is 0 Å². The normalized spacial score (nSPS) is 13.7. The molecule has 10 aromatic rings. The summed E-state index contributed by atoms with van der Waals surface area (Å²) in [6.07, 6.45) is 0. The molecule has 0 aliphatic heterocycles. The van der Waals surface area contributed by atoms with Crippen molar-refractivity contribution in [3.63, 3.8) is 0 Å². The van der Waals surface area contributed by atoms with Gasteiger partial charge in [0.1, 0.15) is 0 Å². The van der Waals surface area contributed by atoms with Crippen molar-refractivity contribution >= 4 is 64.6 Å². The first-order valence-electron chi connectivity index (χ1n) is 17.3. The lowest BCUT2D eigenvalue weighted by molar-refractivity contribution is 0.661. The zero-order chi connectivity index (χ0) is 32.4. The van der Waals surface area contributed by atoms with Gasteiger partial charge in [-0.05, 0) is 127 Å². The third-order valence-corrected chi connectivity index (χ3v) is 11.6. The van der Waals surface area contributed by atoms with Crippen molar-refractivity contribution < 1.29 is 0 Å². The first-order valence-corrected chi connectivity index (χ1v) is 17.3. The predicted molar refractivity (Wildman–Crippen MR) is 211 cm³/mol. The average molecular weight is 621 g/mol. The highest BCUT2D eigenvalue weighted by molar-refractivity contribution is 6.35. The Kier molecular flexibility index (Phi) is 5.27. The first kappa shape index (κ1) is 27.0. The van der Waals surface area contributed by atoms with Gasteiger partial charge in [0.15, 0.2) is 0 Å². The Bertz CT molecular complexity index is 3010. The second-order valence-corrected chi connectivity index (χ2v) is 14.5. The van der Waals surface area contributed by atoms with Gasteiger partial charge < -0.3 is 0 Å². The van der Waals surface area contributed by atoms with Crippen LogP contribution in [0, 0.1) is 0 Å². The number of hydrogen-bond donors (Lipinski definition) is 0. The summed E-state index contributed by atoms with van der Waals surface area (Å²) in [6, 6.07) is 59.4. The van der Waals surface area contributed by atoms with Crippen molar-refractivity contribution in [2.45, 2.75) is 19.3 Å². The molecule has 0 saturated carbocycles. The molecular formula is C49H32. The zero-order valence-electron chi connectivity index (χ0n) is 27.5. The van der Waals surface area contributed by atoms with Crippen LogP contribution in [-0.4, -0.2) is 0 Å². The third-order valence-electron chi connectivity index (χ3n) is 11.6. The fraction of sp³-hybridized carbons (Fsp3) is 0.0612. The van der Waals surface area contributed by atoms with Gasteiger partial charge in [-0.2, -0.15) is 0 Å². The van der Waals surface area contributed by atoms with E-state index in [0.29, 0.717) is 0 Å². The average Bonchev–Trinajstić information content (AvgIpc) is 3.38. The summed E-state index contributed by atoms with van der Waals surface area (Å²) in [6.45, 7) is 4.80. The van der Waals surface area contributed by atoms with Gasteiger partial charge in [0, 0.05) is 5.41 Å². The third kappa shape index (κ3) is 3.64. The molecule has 11 rings (SSSR count). The van der Waals surface area contributed by atoms with Crippen LogP contribution in [0.1, 0.15) is 25.0 Å². The highest BCUT2D eigenvalue weighted by Crippen LogP contribution is 2.52. The highest BCUT2D eigenvalue weighted by Gasteiger charge is 2.36. The molecule has 0 N–H and O–H groups in total. The topological polar surface area (TPSA) is 0 Å². The lowest BCUT2D eigenvalue weighted by Gasteiger charge is -2.23. The molecular weight excluding hydrogens is 589 g/mol. The standard InChI is InChI=1S/C49H32/c1-49(2)45-27-33(32-17-16-30-15-14-29-8-3-4-10-35(29)44(30)26-32)19-21-39(45)40-22-20-34(28-46(40)49)36-24-25-43-38-12-6-5-11-37(38)41-13-7-9-31-18-23-42(36)48(43)47(31)41/h3-28H,1-2H3. The van der Waals surface area contributed by atoms with Crippen LogP contribution >= 0.6 is 0 Å². The Morgan fingerprint density at radius 2 is 0.816 bits per heavy atom. The minimum atomic E-state index is -0.125. The number of fused-ring (bicyclic) bond motifs is 9. The molecule has 0 saturated heterocycles. The molecule has 228 valence electrons. The van der Waals surface area contributed by atoms with Gasteiger partial charge in [-0.25, -0.2) is 0 Å². The van der Waals surface area contributed by atoms with Gasteiger partial charge in [-0.3, -0.25) is 0 Å². The zero-order valence-corrected chi connectivity index (χ0v) is 27.5. The molecule has 0 heteroatoms. The maximum atomic E-state index is 2.47. The van der Waals surface area contributed by atoms with E-state index in [1.54, 1.807) is 0 Å². The molecule has 10 aromatic carbocycles. The largest absolute Gasteiger partial charge is 0.0616 e.